The van der Waals surface area contributed by atoms with Crippen LogP contribution in [0.5, 0.6) is 5.75 Å². The zero-order valence-corrected chi connectivity index (χ0v) is 18.8. The van der Waals surface area contributed by atoms with E-state index in [2.05, 4.69) is 25.6 Å². The Morgan fingerprint density at radius 2 is 1.94 bits per heavy atom. The third kappa shape index (κ3) is 5.93. The van der Waals surface area contributed by atoms with E-state index in [0.29, 0.717) is 35.8 Å². The van der Waals surface area contributed by atoms with E-state index in [1.54, 1.807) is 12.1 Å². The van der Waals surface area contributed by atoms with Crippen LogP contribution in [0.15, 0.2) is 47.7 Å². The molecule has 4 N–H and O–H groups in total. The van der Waals surface area contributed by atoms with E-state index >= 15 is 0 Å². The average Bonchev–Trinajstić information content (AvgIpc) is 3.28. The molecule has 10 heteroatoms. The van der Waals surface area contributed by atoms with Gasteiger partial charge in [-0.05, 0) is 36.4 Å². The lowest BCUT2D eigenvalue weighted by Gasteiger charge is -2.12. The van der Waals surface area contributed by atoms with E-state index < -0.39 is 0 Å². The van der Waals surface area contributed by atoms with Crippen LogP contribution in [0.25, 0.3) is 10.9 Å². The number of rotatable bonds is 6. The first-order valence-corrected chi connectivity index (χ1v) is 10.5. The SMILES string of the molecule is CC.NC(=S)COc1ccc(Nc2ncnc3ccc(NC4=NCCO4)cc23)cc1Cl. The fraction of sp³-hybridized carbons (Fsp3) is 0.238. The van der Waals surface area contributed by atoms with Crippen molar-refractivity contribution in [3.8, 4) is 5.75 Å². The Bertz CT molecular complexity index is 1110. The third-order valence-corrected chi connectivity index (χ3v) is 4.45. The van der Waals surface area contributed by atoms with E-state index in [1.165, 1.54) is 6.33 Å². The molecule has 0 bridgehead atoms. The van der Waals surface area contributed by atoms with Gasteiger partial charge in [0.15, 0.2) is 0 Å². The van der Waals surface area contributed by atoms with Gasteiger partial charge in [0.1, 0.15) is 36.1 Å². The number of thiocarbonyl (C=S) groups is 1. The summed E-state index contributed by atoms with van der Waals surface area (Å²) in [5.41, 5.74) is 7.83. The Labute approximate surface area is 190 Å². The number of nitrogens with zero attached hydrogens (tertiary/aromatic N) is 3. The molecule has 0 unspecified atom stereocenters. The minimum Gasteiger partial charge on any atom is -0.485 e. The number of fused-ring (bicyclic) bond motifs is 1. The molecule has 4 rings (SSSR count). The number of hydrogen-bond acceptors (Lipinski definition) is 8. The lowest BCUT2D eigenvalue weighted by molar-refractivity contribution is 0.346. The molecule has 2 heterocycles. The van der Waals surface area contributed by atoms with Gasteiger partial charge in [-0.3, -0.25) is 0 Å². The molecule has 8 nitrogen and oxygen atoms in total. The zero-order valence-electron chi connectivity index (χ0n) is 17.2. The first-order chi connectivity index (χ1) is 15.1. The summed E-state index contributed by atoms with van der Waals surface area (Å²) in [5, 5.41) is 7.69. The standard InChI is InChI=1S/C19H17ClN6O2S.C2H6/c20-14-8-12(2-4-16(14)28-9-17(21)29)25-18-13-7-11(26-19-22-5-6-27-19)1-3-15(13)23-10-24-18;1-2/h1-4,7-8,10H,5-6,9H2,(H2,21,29)(H,22,26)(H,23,24,25);1-2H3. The van der Waals surface area contributed by atoms with E-state index in [-0.39, 0.29) is 11.6 Å². The van der Waals surface area contributed by atoms with Crippen molar-refractivity contribution in [3.05, 3.63) is 47.7 Å². The number of hydrogen-bond donors (Lipinski definition) is 3. The molecule has 0 spiro atoms. The van der Waals surface area contributed by atoms with E-state index in [9.17, 15) is 0 Å². The largest absolute Gasteiger partial charge is 0.485 e. The van der Waals surface area contributed by atoms with Gasteiger partial charge in [0, 0.05) is 16.8 Å². The Morgan fingerprint density at radius 1 is 1.16 bits per heavy atom. The molecule has 0 amide bonds. The van der Waals surface area contributed by atoms with Crippen LogP contribution in [0, 0.1) is 0 Å². The predicted molar refractivity (Wildman–Crippen MR) is 130 cm³/mol. The van der Waals surface area contributed by atoms with Gasteiger partial charge in [-0.2, -0.15) is 0 Å². The number of nitrogens with one attached hydrogen (secondary N) is 2. The normalized spacial score (nSPS) is 12.3. The number of aromatic nitrogens is 2. The fourth-order valence-electron chi connectivity index (χ4n) is 2.75. The highest BCUT2D eigenvalue weighted by Gasteiger charge is 2.11. The number of amidine groups is 1. The second kappa shape index (κ2) is 10.7. The van der Waals surface area contributed by atoms with Crippen LogP contribution < -0.4 is 21.1 Å². The highest BCUT2D eigenvalue weighted by molar-refractivity contribution is 7.80. The Balaban J connectivity index is 0.00000132. The van der Waals surface area contributed by atoms with Crippen LogP contribution in [0.2, 0.25) is 5.02 Å². The monoisotopic (exact) mass is 458 g/mol. The zero-order chi connectivity index (χ0) is 22.2. The van der Waals surface area contributed by atoms with Crippen LogP contribution in [0.1, 0.15) is 13.8 Å². The lowest BCUT2D eigenvalue weighted by Crippen LogP contribution is -2.17. The molecule has 0 atom stereocenters. The van der Waals surface area contributed by atoms with Crippen LogP contribution in [-0.2, 0) is 4.74 Å². The van der Waals surface area contributed by atoms with Gasteiger partial charge in [0.2, 0.25) is 0 Å². The molecule has 1 aliphatic rings. The molecule has 0 fully saturated rings. The van der Waals surface area contributed by atoms with Gasteiger partial charge in [0.05, 0.1) is 17.1 Å². The molecule has 3 aromatic rings. The Morgan fingerprint density at radius 3 is 2.65 bits per heavy atom. The van der Waals surface area contributed by atoms with Gasteiger partial charge in [-0.25, -0.2) is 15.0 Å². The molecular weight excluding hydrogens is 436 g/mol. The fourth-order valence-corrected chi connectivity index (χ4v) is 3.04. The maximum absolute atomic E-state index is 6.30. The number of nitrogens with two attached hydrogens (primary N) is 1. The Hall–Kier alpha value is -3.17. The highest BCUT2D eigenvalue weighted by atomic mass is 35.5. The smallest absolute Gasteiger partial charge is 0.289 e. The molecule has 1 aromatic heterocycles. The maximum atomic E-state index is 6.30. The first-order valence-electron chi connectivity index (χ1n) is 9.75. The quantitative estimate of drug-likeness (QED) is 0.463. The second-order valence-electron chi connectivity index (χ2n) is 6.14. The van der Waals surface area contributed by atoms with Crippen LogP contribution in [0.4, 0.5) is 17.2 Å². The summed E-state index contributed by atoms with van der Waals surface area (Å²) in [6.45, 7) is 5.37. The van der Waals surface area contributed by atoms with Crippen molar-refractivity contribution in [2.75, 3.05) is 30.4 Å². The van der Waals surface area contributed by atoms with Crippen LogP contribution >= 0.6 is 23.8 Å². The van der Waals surface area contributed by atoms with Crippen molar-refractivity contribution in [1.29, 1.82) is 0 Å². The van der Waals surface area contributed by atoms with Gasteiger partial charge in [-0.15, -0.1) is 0 Å². The van der Waals surface area contributed by atoms with Crippen molar-refractivity contribution < 1.29 is 9.47 Å². The van der Waals surface area contributed by atoms with E-state index in [1.807, 2.05) is 38.1 Å². The molecule has 162 valence electrons. The summed E-state index contributed by atoms with van der Waals surface area (Å²) < 4.78 is 10.9. The van der Waals surface area contributed by atoms with Gasteiger partial charge < -0.3 is 25.8 Å². The van der Waals surface area contributed by atoms with Crippen LogP contribution in [0.3, 0.4) is 0 Å². The molecule has 31 heavy (non-hydrogen) atoms. The second-order valence-corrected chi connectivity index (χ2v) is 7.07. The summed E-state index contributed by atoms with van der Waals surface area (Å²) in [6, 6.07) is 11.6. The number of anilines is 3. The van der Waals surface area contributed by atoms with Crippen molar-refractivity contribution in [3.63, 3.8) is 0 Å². The van der Waals surface area contributed by atoms with Crippen LogP contribution in [-0.4, -0.2) is 40.7 Å². The number of aliphatic imine (C=N–C) groups is 1. The molecule has 1 aliphatic heterocycles. The van der Waals surface area contributed by atoms with Crippen molar-refractivity contribution in [1.82, 2.24) is 9.97 Å². The van der Waals surface area contributed by atoms with Crippen molar-refractivity contribution >= 4 is 62.9 Å². The third-order valence-electron chi connectivity index (χ3n) is 4.04. The van der Waals surface area contributed by atoms with Gasteiger partial charge >= 0.3 is 0 Å². The number of ether oxygens (including phenoxy) is 2. The summed E-state index contributed by atoms with van der Waals surface area (Å²) >= 11 is 11.1. The molecule has 0 radical (unpaired) electrons. The molecule has 0 aliphatic carbocycles. The average molecular weight is 459 g/mol. The topological polar surface area (TPSA) is 107 Å². The summed E-state index contributed by atoms with van der Waals surface area (Å²) in [7, 11) is 0. The first kappa shape index (κ1) is 22.5. The molecule has 0 saturated carbocycles. The predicted octanol–water partition coefficient (Wildman–Crippen LogP) is 4.52. The lowest BCUT2D eigenvalue weighted by atomic mass is 10.2. The maximum Gasteiger partial charge on any atom is 0.289 e. The minimum absolute atomic E-state index is 0.128. The van der Waals surface area contributed by atoms with E-state index in [0.717, 1.165) is 22.3 Å². The summed E-state index contributed by atoms with van der Waals surface area (Å²) in [4.78, 5) is 13.2. The van der Waals surface area contributed by atoms with E-state index in [4.69, 9.17) is 39.0 Å². The number of benzene rings is 2. The molecule has 0 saturated heterocycles. The minimum atomic E-state index is 0.128. The van der Waals surface area contributed by atoms with Gasteiger partial charge in [0.25, 0.3) is 6.02 Å². The van der Waals surface area contributed by atoms with Crippen molar-refractivity contribution in [2.24, 2.45) is 10.7 Å². The van der Waals surface area contributed by atoms with Gasteiger partial charge in [-0.1, -0.05) is 37.7 Å². The van der Waals surface area contributed by atoms with Crippen molar-refractivity contribution in [2.45, 2.75) is 13.8 Å². The Kier molecular flexibility index (Phi) is 7.80. The molecular formula is C21H23ClN6O2S. The highest BCUT2D eigenvalue weighted by Crippen LogP contribution is 2.31. The molecule has 2 aromatic carbocycles. The summed E-state index contributed by atoms with van der Waals surface area (Å²) in [6.07, 6.45) is 1.50. The number of halogens is 1. The summed E-state index contributed by atoms with van der Waals surface area (Å²) in [5.74, 6) is 1.14.